The maximum absolute atomic E-state index is 10.9. The fraction of sp³-hybridized carbons (Fsp3) is 0.444. The molecule has 2 nitrogen and oxygen atoms in total. The molecule has 2 atom stereocenters. The summed E-state index contributed by atoms with van der Waals surface area (Å²) >= 11 is 0. The van der Waals surface area contributed by atoms with E-state index in [-0.39, 0.29) is 5.92 Å². The monoisotopic (exact) mass is 269 g/mol. The highest BCUT2D eigenvalue weighted by Crippen LogP contribution is 2.41. The molecule has 2 N–H and O–H groups in total. The van der Waals surface area contributed by atoms with Crippen LogP contribution in [0.15, 0.2) is 24.3 Å². The van der Waals surface area contributed by atoms with E-state index >= 15 is 0 Å². The van der Waals surface area contributed by atoms with Gasteiger partial charge in [-0.3, -0.25) is 0 Å². The predicted octanol–water partition coefficient (Wildman–Crippen LogP) is 4.09. The molecule has 0 saturated heterocycles. The van der Waals surface area contributed by atoms with Gasteiger partial charge in [-0.25, -0.2) is 0 Å². The third kappa shape index (κ3) is 2.08. The Morgan fingerprint density at radius 3 is 2.60 bits per heavy atom. The van der Waals surface area contributed by atoms with Crippen LogP contribution in [0.5, 0.6) is 0 Å². The van der Waals surface area contributed by atoms with Gasteiger partial charge in [0.2, 0.25) is 0 Å². The lowest BCUT2D eigenvalue weighted by atomic mass is 9.78. The Labute approximate surface area is 120 Å². The largest absolute Gasteiger partial charge is 0.386 e. The number of hydrogen-bond donors (Lipinski definition) is 2. The van der Waals surface area contributed by atoms with Crippen LogP contribution in [0.25, 0.3) is 0 Å². The molecule has 0 amide bonds. The molecule has 1 aromatic heterocycles. The zero-order valence-corrected chi connectivity index (χ0v) is 12.5. The van der Waals surface area contributed by atoms with E-state index in [1.165, 1.54) is 27.9 Å². The van der Waals surface area contributed by atoms with Crippen LogP contribution >= 0.6 is 0 Å². The highest BCUT2D eigenvalue weighted by Gasteiger charge is 2.29. The number of aryl methyl sites for hydroxylation is 2. The van der Waals surface area contributed by atoms with Crippen LogP contribution in [0.4, 0.5) is 0 Å². The number of aromatic amines is 1. The number of aromatic nitrogens is 1. The van der Waals surface area contributed by atoms with E-state index in [1.54, 1.807) is 0 Å². The van der Waals surface area contributed by atoms with Gasteiger partial charge < -0.3 is 10.1 Å². The lowest BCUT2D eigenvalue weighted by molar-refractivity contribution is 0.131. The van der Waals surface area contributed by atoms with Gasteiger partial charge in [-0.2, -0.15) is 0 Å². The van der Waals surface area contributed by atoms with Crippen molar-refractivity contribution < 1.29 is 5.11 Å². The van der Waals surface area contributed by atoms with Crippen molar-refractivity contribution in [2.75, 3.05) is 0 Å². The maximum Gasteiger partial charge on any atom is 0.101 e. The van der Waals surface area contributed by atoms with Crippen molar-refractivity contribution in [3.63, 3.8) is 0 Å². The Morgan fingerprint density at radius 1 is 1.15 bits per heavy atom. The van der Waals surface area contributed by atoms with E-state index in [0.29, 0.717) is 0 Å². The summed E-state index contributed by atoms with van der Waals surface area (Å²) in [5, 5.41) is 10.9. The van der Waals surface area contributed by atoms with Gasteiger partial charge in [-0.1, -0.05) is 24.3 Å². The average Bonchev–Trinajstić information content (AvgIpc) is 2.73. The Kier molecular flexibility index (Phi) is 3.43. The van der Waals surface area contributed by atoms with Crippen molar-refractivity contribution in [1.29, 1.82) is 0 Å². The lowest BCUT2D eigenvalue weighted by Crippen LogP contribution is -2.18. The molecule has 0 bridgehead atoms. The Morgan fingerprint density at radius 2 is 1.90 bits per heavy atom. The quantitative estimate of drug-likeness (QED) is 0.846. The van der Waals surface area contributed by atoms with Crippen LogP contribution in [-0.4, -0.2) is 10.1 Å². The molecule has 0 radical (unpaired) electrons. The van der Waals surface area contributed by atoms with Crippen LogP contribution in [0, 0.1) is 20.8 Å². The summed E-state index contributed by atoms with van der Waals surface area (Å²) in [5.41, 5.74) is 7.37. The first kappa shape index (κ1) is 13.4. The number of H-pyrrole nitrogens is 1. The van der Waals surface area contributed by atoms with E-state index in [4.69, 9.17) is 0 Å². The number of rotatable bonds is 2. The van der Waals surface area contributed by atoms with Crippen LogP contribution in [0.1, 0.15) is 58.5 Å². The number of hydrogen-bond acceptors (Lipinski definition) is 1. The molecular weight excluding hydrogens is 246 g/mol. The highest BCUT2D eigenvalue weighted by molar-refractivity contribution is 5.39. The molecular formula is C18H23NO. The minimum absolute atomic E-state index is 0.219. The van der Waals surface area contributed by atoms with Crippen molar-refractivity contribution in [2.45, 2.75) is 52.1 Å². The van der Waals surface area contributed by atoms with E-state index < -0.39 is 6.10 Å². The first-order chi connectivity index (χ1) is 9.59. The van der Waals surface area contributed by atoms with Crippen LogP contribution in [0.3, 0.4) is 0 Å². The maximum atomic E-state index is 10.9. The Balaban J connectivity index is 1.99. The van der Waals surface area contributed by atoms with Crippen molar-refractivity contribution in [2.24, 2.45) is 0 Å². The zero-order chi connectivity index (χ0) is 14.3. The van der Waals surface area contributed by atoms with E-state index in [2.05, 4.69) is 50.0 Å². The van der Waals surface area contributed by atoms with Gasteiger partial charge in [0.25, 0.3) is 0 Å². The fourth-order valence-corrected chi connectivity index (χ4v) is 3.49. The Bertz CT molecular complexity index is 626. The zero-order valence-electron chi connectivity index (χ0n) is 12.5. The fourth-order valence-electron chi connectivity index (χ4n) is 3.49. The minimum Gasteiger partial charge on any atom is -0.386 e. The summed E-state index contributed by atoms with van der Waals surface area (Å²) in [5.74, 6) is 0.219. The van der Waals surface area contributed by atoms with Gasteiger partial charge in [0.1, 0.15) is 6.10 Å². The molecule has 1 aliphatic rings. The first-order valence-electron chi connectivity index (χ1n) is 7.51. The van der Waals surface area contributed by atoms with Crippen LogP contribution in [0.2, 0.25) is 0 Å². The molecule has 3 rings (SSSR count). The molecule has 1 aliphatic carbocycles. The number of aliphatic hydroxyl groups is 1. The molecule has 2 aromatic rings. The van der Waals surface area contributed by atoms with Gasteiger partial charge in [0, 0.05) is 17.3 Å². The normalized spacial score (nSPS) is 19.7. The first-order valence-corrected chi connectivity index (χ1v) is 7.51. The second-order valence-corrected chi connectivity index (χ2v) is 6.06. The van der Waals surface area contributed by atoms with Crippen LogP contribution in [-0.2, 0) is 6.42 Å². The SMILES string of the molecule is Cc1[nH]c(C(O)C2CCCc3ccccc32)c(C)c1C. The predicted molar refractivity (Wildman–Crippen MR) is 82.1 cm³/mol. The molecule has 2 unspecified atom stereocenters. The van der Waals surface area contributed by atoms with E-state index in [0.717, 1.165) is 25.0 Å². The van der Waals surface area contributed by atoms with E-state index in [1.807, 2.05) is 0 Å². The minimum atomic E-state index is -0.427. The second-order valence-electron chi connectivity index (χ2n) is 6.06. The molecule has 106 valence electrons. The molecule has 0 fully saturated rings. The molecule has 1 heterocycles. The topological polar surface area (TPSA) is 36.0 Å². The average molecular weight is 269 g/mol. The standard InChI is InChI=1S/C18H23NO/c1-11-12(2)17(19-13(11)3)18(20)16-10-6-8-14-7-4-5-9-15(14)16/h4-5,7,9,16,18-20H,6,8,10H2,1-3H3. The summed E-state index contributed by atoms with van der Waals surface area (Å²) in [6.07, 6.45) is 2.94. The summed E-state index contributed by atoms with van der Waals surface area (Å²) in [4.78, 5) is 3.39. The number of benzene rings is 1. The highest BCUT2D eigenvalue weighted by atomic mass is 16.3. The number of fused-ring (bicyclic) bond motifs is 1. The Hall–Kier alpha value is -1.54. The number of aliphatic hydroxyl groups excluding tert-OH is 1. The molecule has 0 spiro atoms. The van der Waals surface area contributed by atoms with Crippen LogP contribution < -0.4 is 0 Å². The van der Waals surface area contributed by atoms with Crippen molar-refractivity contribution in [1.82, 2.24) is 4.98 Å². The van der Waals surface area contributed by atoms with Gasteiger partial charge in [0.15, 0.2) is 0 Å². The molecule has 20 heavy (non-hydrogen) atoms. The molecule has 1 aromatic carbocycles. The summed E-state index contributed by atoms with van der Waals surface area (Å²) in [7, 11) is 0. The van der Waals surface area contributed by atoms with Gasteiger partial charge in [0.05, 0.1) is 0 Å². The van der Waals surface area contributed by atoms with Gasteiger partial charge >= 0.3 is 0 Å². The molecule has 2 heteroatoms. The number of nitrogens with one attached hydrogen (secondary N) is 1. The van der Waals surface area contributed by atoms with Crippen molar-refractivity contribution in [3.05, 3.63) is 57.9 Å². The molecule has 0 aliphatic heterocycles. The van der Waals surface area contributed by atoms with E-state index in [9.17, 15) is 5.11 Å². The smallest absolute Gasteiger partial charge is 0.101 e. The third-order valence-corrected chi connectivity index (χ3v) is 4.94. The second kappa shape index (κ2) is 5.10. The molecule has 0 saturated carbocycles. The lowest BCUT2D eigenvalue weighted by Gasteiger charge is -2.29. The van der Waals surface area contributed by atoms with Crippen molar-refractivity contribution >= 4 is 0 Å². The van der Waals surface area contributed by atoms with Gasteiger partial charge in [-0.15, -0.1) is 0 Å². The summed E-state index contributed by atoms with van der Waals surface area (Å²) < 4.78 is 0. The third-order valence-electron chi connectivity index (χ3n) is 4.94. The van der Waals surface area contributed by atoms with Crippen molar-refractivity contribution in [3.8, 4) is 0 Å². The van der Waals surface area contributed by atoms with Gasteiger partial charge in [-0.05, 0) is 62.3 Å². The summed E-state index contributed by atoms with van der Waals surface area (Å²) in [6.45, 7) is 6.30. The summed E-state index contributed by atoms with van der Waals surface area (Å²) in [6, 6.07) is 8.57.